The number of nitrogens with one attached hydrogen (secondary N) is 4. The second-order valence-electron chi connectivity index (χ2n) is 17.1. The average molecular weight is 878 g/mol. The van der Waals surface area contributed by atoms with Crippen LogP contribution in [0.5, 0.6) is 0 Å². The first-order valence-corrected chi connectivity index (χ1v) is 21.8. The number of aromatic nitrogens is 4. The summed E-state index contributed by atoms with van der Waals surface area (Å²) in [5.74, 6) is 0.918. The third-order valence-electron chi connectivity index (χ3n) is 12.6. The van der Waals surface area contributed by atoms with Gasteiger partial charge >= 0.3 is 12.2 Å². The summed E-state index contributed by atoms with van der Waals surface area (Å²) in [7, 11) is 2.56. The summed E-state index contributed by atoms with van der Waals surface area (Å²) < 4.78 is 9.63. The zero-order valence-corrected chi connectivity index (χ0v) is 38.0. The highest BCUT2D eigenvalue weighted by molar-refractivity contribution is 6.32. The van der Waals surface area contributed by atoms with Gasteiger partial charge in [-0.3, -0.25) is 9.59 Å². The summed E-state index contributed by atoms with van der Waals surface area (Å²) in [5, 5.41) is 6.19. The maximum atomic E-state index is 14.1. The molecule has 0 saturated carbocycles. The van der Waals surface area contributed by atoms with Gasteiger partial charge in [0.25, 0.3) is 0 Å². The number of alkyl carbamates (subject to hydrolysis) is 2. The van der Waals surface area contributed by atoms with Crippen molar-refractivity contribution in [1.29, 1.82) is 0 Å². The number of ether oxygens (including phenoxy) is 2. The Morgan fingerprint density at radius 3 is 1.43 bits per heavy atom. The van der Waals surface area contributed by atoms with Crippen molar-refractivity contribution in [2.45, 2.75) is 111 Å². The van der Waals surface area contributed by atoms with Crippen LogP contribution in [0, 0.1) is 23.7 Å². The molecule has 0 spiro atoms. The lowest BCUT2D eigenvalue weighted by Gasteiger charge is -2.33. The third-order valence-corrected chi connectivity index (χ3v) is 13.2. The van der Waals surface area contributed by atoms with Gasteiger partial charge in [0.15, 0.2) is 0 Å². The maximum absolute atomic E-state index is 14.1. The molecule has 0 aliphatic carbocycles. The summed E-state index contributed by atoms with van der Waals surface area (Å²) in [4.78, 5) is 72.4. The van der Waals surface area contributed by atoms with E-state index in [0.717, 1.165) is 28.7 Å². The largest absolute Gasteiger partial charge is 0.453 e. The quantitative estimate of drug-likeness (QED) is 0.109. The Morgan fingerprint density at radius 2 is 1.05 bits per heavy atom. The predicted molar refractivity (Wildman–Crippen MR) is 236 cm³/mol. The molecular formula is C45H58Cl2N8O6. The van der Waals surface area contributed by atoms with Crippen LogP contribution >= 0.6 is 23.2 Å². The van der Waals surface area contributed by atoms with Gasteiger partial charge in [-0.2, -0.15) is 0 Å². The van der Waals surface area contributed by atoms with E-state index >= 15 is 0 Å². The number of H-pyrrole nitrogens is 2. The van der Waals surface area contributed by atoms with E-state index in [1.807, 2.05) is 99.9 Å². The summed E-state index contributed by atoms with van der Waals surface area (Å²) in [6.45, 7) is 15.8. The number of hydrogen-bond donors (Lipinski definition) is 4. The Kier molecular flexibility index (Phi) is 14.1. The molecule has 0 radical (unpaired) electrons. The molecule has 2 aromatic carbocycles. The average Bonchev–Trinajstić information content (AvgIpc) is 4.00. The van der Waals surface area contributed by atoms with Gasteiger partial charge in [0.1, 0.15) is 45.4 Å². The van der Waals surface area contributed by atoms with E-state index in [2.05, 4.69) is 34.4 Å². The lowest BCUT2D eigenvalue weighted by molar-refractivity contribution is -0.138. The third kappa shape index (κ3) is 9.25. The fourth-order valence-corrected chi connectivity index (χ4v) is 9.33. The molecule has 2 aliphatic heterocycles. The Labute approximate surface area is 367 Å². The molecule has 2 aromatic heterocycles. The number of carbonyl (C=O) groups excluding carboxylic acids is 4. The highest BCUT2D eigenvalue weighted by atomic mass is 35.5. The van der Waals surface area contributed by atoms with Crippen LogP contribution in [0.4, 0.5) is 9.59 Å². The lowest BCUT2D eigenvalue weighted by atomic mass is 9.97. The van der Waals surface area contributed by atoms with Crippen LogP contribution < -0.4 is 10.6 Å². The predicted octanol–water partition coefficient (Wildman–Crippen LogP) is 9.19. The number of aromatic amines is 2. The first-order chi connectivity index (χ1) is 29.0. The second kappa shape index (κ2) is 18.9. The van der Waals surface area contributed by atoms with E-state index in [4.69, 9.17) is 42.6 Å². The lowest BCUT2D eigenvalue weighted by Crippen LogP contribution is -2.53. The maximum Gasteiger partial charge on any atom is 0.407 e. The second-order valence-corrected chi connectivity index (χ2v) is 17.8. The van der Waals surface area contributed by atoms with Gasteiger partial charge in [-0.25, -0.2) is 19.6 Å². The molecule has 2 aliphatic rings. The van der Waals surface area contributed by atoms with Crippen molar-refractivity contribution in [1.82, 2.24) is 40.4 Å². The molecule has 4 amide bonds. The van der Waals surface area contributed by atoms with Crippen molar-refractivity contribution in [3.8, 4) is 33.6 Å². The number of methoxy groups -OCH3 is 2. The molecule has 16 heteroatoms. The first-order valence-electron chi connectivity index (χ1n) is 21.0. The fourth-order valence-electron chi connectivity index (χ4n) is 8.83. The minimum Gasteiger partial charge on any atom is -0.453 e. The molecule has 14 nitrogen and oxygen atoms in total. The Balaban J connectivity index is 1.20. The van der Waals surface area contributed by atoms with E-state index in [9.17, 15) is 19.2 Å². The molecule has 2 saturated heterocycles. The number of imidazole rings is 2. The zero-order valence-electron chi connectivity index (χ0n) is 36.5. The summed E-state index contributed by atoms with van der Waals surface area (Å²) >= 11 is 13.6. The number of halogens is 2. The Hall–Kier alpha value is -5.08. The van der Waals surface area contributed by atoms with Gasteiger partial charge < -0.3 is 39.9 Å². The highest BCUT2D eigenvalue weighted by Gasteiger charge is 2.46. The van der Waals surface area contributed by atoms with Gasteiger partial charge in [-0.15, -0.1) is 0 Å². The van der Waals surface area contributed by atoms with E-state index < -0.39 is 24.3 Å². The Morgan fingerprint density at radius 1 is 0.672 bits per heavy atom. The molecule has 0 bridgehead atoms. The van der Waals surface area contributed by atoms with Crippen LogP contribution in [-0.2, 0) is 19.1 Å². The van der Waals surface area contributed by atoms with Gasteiger partial charge in [-0.05, 0) is 61.5 Å². The van der Waals surface area contributed by atoms with E-state index in [-0.39, 0.29) is 59.7 Å². The van der Waals surface area contributed by atoms with Crippen LogP contribution in [0.25, 0.3) is 33.6 Å². The monoisotopic (exact) mass is 876 g/mol. The normalized spacial score (nSPS) is 22.4. The van der Waals surface area contributed by atoms with Gasteiger partial charge in [0, 0.05) is 23.2 Å². The number of hydrogen-bond acceptors (Lipinski definition) is 8. The molecule has 328 valence electrons. The summed E-state index contributed by atoms with van der Waals surface area (Å²) in [5.41, 5.74) is 4.75. The van der Waals surface area contributed by atoms with Crippen molar-refractivity contribution < 1.29 is 28.7 Å². The smallest absolute Gasteiger partial charge is 0.407 e. The number of rotatable bonds is 12. The molecule has 0 unspecified atom stereocenters. The van der Waals surface area contributed by atoms with Crippen molar-refractivity contribution in [2.75, 3.05) is 14.2 Å². The zero-order chi connectivity index (χ0) is 44.4. The van der Waals surface area contributed by atoms with Crippen LogP contribution in [0.2, 0.25) is 10.3 Å². The van der Waals surface area contributed by atoms with Crippen molar-refractivity contribution in [3.63, 3.8) is 0 Å². The van der Waals surface area contributed by atoms with Crippen molar-refractivity contribution >= 4 is 47.2 Å². The topological polar surface area (TPSA) is 175 Å². The number of nitrogens with zero attached hydrogens (tertiary/aromatic N) is 4. The van der Waals surface area contributed by atoms with Gasteiger partial charge in [-0.1, -0.05) is 120 Å². The van der Waals surface area contributed by atoms with Gasteiger partial charge in [0.2, 0.25) is 11.8 Å². The van der Waals surface area contributed by atoms with Gasteiger partial charge in [0.05, 0.1) is 26.3 Å². The molecule has 4 heterocycles. The minimum absolute atomic E-state index is 0.0749. The molecule has 4 aromatic rings. The number of carbonyl (C=O) groups is 4. The number of benzene rings is 2. The summed E-state index contributed by atoms with van der Waals surface area (Å²) in [6, 6.07) is 13.5. The summed E-state index contributed by atoms with van der Waals surface area (Å²) in [6.07, 6.45) is 0.974. The van der Waals surface area contributed by atoms with E-state index in [1.165, 1.54) is 14.2 Å². The van der Waals surface area contributed by atoms with Crippen molar-refractivity contribution in [2.24, 2.45) is 23.7 Å². The SMILES string of the molecule is CC[C@@H]1C[C@@H](c2nc(-c3ccc(-c4ccc(-c5nc([C@@H]6C[C@@H](C)[C@@H](C)N6C(=O)[C@@H](NC(=O)OC)C(C)C)[nH]c5Cl)cc4)cc3)c(Cl)[nH]2)N(C(=O)[C@@H](NC(=O)OC)C(C)C)[C@@H]1C. The van der Waals surface area contributed by atoms with Crippen LogP contribution in [0.1, 0.15) is 98.4 Å². The first kappa shape index (κ1) is 45.4. The van der Waals surface area contributed by atoms with Crippen LogP contribution in [-0.4, -0.2) is 92.1 Å². The standard InChI is InChI=1S/C45H58Cl2N8O6/c1-11-27-21-33(55(26(27)8)43(57)35(23(4)5)51-45(59)61-10)41-49-37(39(47)53-41)31-18-14-29(15-19-31)28-12-16-30(17-13-28)36-38(46)52-40(48-36)32-20-24(6)25(7)54(32)42(56)34(22(2)3)50-44(58)60-9/h12-19,22-27,32-35H,11,20-21H2,1-10H3,(H,48,52)(H,49,53)(H,50,58)(H,51,59)/t24-,25-,26-,27-,32+,33+,34+,35+/m1/s1. The number of amides is 4. The number of likely N-dealkylation sites (tertiary alicyclic amines) is 2. The molecular weight excluding hydrogens is 819 g/mol. The van der Waals surface area contributed by atoms with E-state index in [1.54, 1.807) is 0 Å². The minimum atomic E-state index is -0.762. The molecule has 2 fully saturated rings. The highest BCUT2D eigenvalue weighted by Crippen LogP contribution is 2.44. The molecule has 6 rings (SSSR count). The molecule has 8 atom stereocenters. The van der Waals surface area contributed by atoms with Crippen molar-refractivity contribution in [3.05, 3.63) is 70.5 Å². The molecule has 61 heavy (non-hydrogen) atoms. The van der Waals surface area contributed by atoms with Crippen LogP contribution in [0.15, 0.2) is 48.5 Å². The molecule has 4 N–H and O–H groups in total. The van der Waals surface area contributed by atoms with E-state index in [0.29, 0.717) is 46.2 Å². The van der Waals surface area contributed by atoms with Crippen LogP contribution in [0.3, 0.4) is 0 Å². The Bertz CT molecular complexity index is 2210. The fraction of sp³-hybridized carbons (Fsp3) is 0.511.